The Bertz CT molecular complexity index is 714. The molecule has 0 atom stereocenters. The molecule has 0 spiro atoms. The normalized spacial score (nSPS) is 10.4. The molecule has 20 heavy (non-hydrogen) atoms. The Morgan fingerprint density at radius 3 is 2.20 bits per heavy atom. The fraction of sp³-hybridized carbons (Fsp3) is 0.125. The zero-order valence-corrected chi connectivity index (χ0v) is 11.1. The maximum Gasteiger partial charge on any atom is 0.163 e. The van der Waals surface area contributed by atoms with Gasteiger partial charge in [0.1, 0.15) is 6.61 Å². The van der Waals surface area contributed by atoms with Crippen molar-refractivity contribution in [2.45, 2.75) is 6.61 Å². The number of hydrogen-bond acceptors (Lipinski definition) is 4. The standard InChI is InChI=1S/C16H14N2O2/c1-19-15-9-13-14(18-8-7-17-13)10-16(15)20-11-12-5-3-2-4-6-12/h2-10H,11H2,1H3. The summed E-state index contributed by atoms with van der Waals surface area (Å²) in [6.45, 7) is 0.489. The molecule has 0 aliphatic heterocycles. The molecule has 0 aliphatic rings. The number of nitrogens with zero attached hydrogens (tertiary/aromatic N) is 2. The lowest BCUT2D eigenvalue weighted by Gasteiger charge is -2.11. The first-order chi connectivity index (χ1) is 9.86. The molecule has 100 valence electrons. The van der Waals surface area contributed by atoms with E-state index in [1.807, 2.05) is 42.5 Å². The van der Waals surface area contributed by atoms with Gasteiger partial charge in [-0.1, -0.05) is 30.3 Å². The van der Waals surface area contributed by atoms with E-state index in [-0.39, 0.29) is 0 Å². The number of fused-ring (bicyclic) bond motifs is 1. The molecule has 0 aliphatic carbocycles. The Balaban J connectivity index is 1.90. The minimum atomic E-state index is 0.489. The second kappa shape index (κ2) is 5.57. The van der Waals surface area contributed by atoms with Gasteiger partial charge >= 0.3 is 0 Å². The van der Waals surface area contributed by atoms with Crippen LogP contribution >= 0.6 is 0 Å². The Hall–Kier alpha value is -2.62. The number of ether oxygens (including phenoxy) is 2. The van der Waals surface area contributed by atoms with Crippen molar-refractivity contribution in [3.05, 3.63) is 60.4 Å². The van der Waals surface area contributed by atoms with Gasteiger partial charge in [-0.2, -0.15) is 0 Å². The lowest BCUT2D eigenvalue weighted by atomic mass is 10.2. The zero-order chi connectivity index (χ0) is 13.8. The highest BCUT2D eigenvalue weighted by atomic mass is 16.5. The molecule has 4 heteroatoms. The van der Waals surface area contributed by atoms with Crippen molar-refractivity contribution in [1.82, 2.24) is 9.97 Å². The van der Waals surface area contributed by atoms with Crippen molar-refractivity contribution in [3.63, 3.8) is 0 Å². The van der Waals surface area contributed by atoms with Gasteiger partial charge in [-0.15, -0.1) is 0 Å². The predicted octanol–water partition coefficient (Wildman–Crippen LogP) is 3.22. The minimum Gasteiger partial charge on any atom is -0.493 e. The molecule has 0 unspecified atom stereocenters. The van der Waals surface area contributed by atoms with Crippen LogP contribution in [-0.4, -0.2) is 17.1 Å². The first-order valence-corrected chi connectivity index (χ1v) is 6.32. The molecule has 0 bridgehead atoms. The van der Waals surface area contributed by atoms with Crippen molar-refractivity contribution in [1.29, 1.82) is 0 Å². The second-order valence-electron chi connectivity index (χ2n) is 4.32. The van der Waals surface area contributed by atoms with Crippen LogP contribution in [0.4, 0.5) is 0 Å². The van der Waals surface area contributed by atoms with Crippen molar-refractivity contribution < 1.29 is 9.47 Å². The third kappa shape index (κ3) is 2.54. The highest BCUT2D eigenvalue weighted by Crippen LogP contribution is 2.31. The van der Waals surface area contributed by atoms with Crippen LogP contribution in [0.1, 0.15) is 5.56 Å². The maximum atomic E-state index is 5.83. The summed E-state index contributed by atoms with van der Waals surface area (Å²) in [5.41, 5.74) is 2.68. The van der Waals surface area contributed by atoms with E-state index in [2.05, 4.69) is 9.97 Å². The van der Waals surface area contributed by atoms with Gasteiger partial charge in [-0.25, -0.2) is 0 Å². The summed E-state index contributed by atoms with van der Waals surface area (Å²) < 4.78 is 11.2. The molecule has 3 rings (SSSR count). The van der Waals surface area contributed by atoms with Crippen molar-refractivity contribution in [2.24, 2.45) is 0 Å². The van der Waals surface area contributed by atoms with E-state index in [1.54, 1.807) is 19.5 Å². The predicted molar refractivity (Wildman–Crippen MR) is 76.9 cm³/mol. The number of methoxy groups -OCH3 is 1. The number of hydrogen-bond donors (Lipinski definition) is 0. The van der Waals surface area contributed by atoms with Gasteiger partial charge in [0, 0.05) is 24.5 Å². The first-order valence-electron chi connectivity index (χ1n) is 6.32. The van der Waals surface area contributed by atoms with Gasteiger partial charge in [0.15, 0.2) is 11.5 Å². The van der Waals surface area contributed by atoms with Crippen LogP contribution in [0.5, 0.6) is 11.5 Å². The van der Waals surface area contributed by atoms with Crippen LogP contribution < -0.4 is 9.47 Å². The molecule has 0 amide bonds. The zero-order valence-electron chi connectivity index (χ0n) is 11.1. The average molecular weight is 266 g/mol. The summed E-state index contributed by atoms with van der Waals surface area (Å²) in [6, 6.07) is 13.7. The smallest absolute Gasteiger partial charge is 0.163 e. The van der Waals surface area contributed by atoms with Gasteiger partial charge < -0.3 is 9.47 Å². The van der Waals surface area contributed by atoms with Gasteiger partial charge in [0.05, 0.1) is 18.1 Å². The van der Waals surface area contributed by atoms with Crippen LogP contribution in [0.15, 0.2) is 54.9 Å². The van der Waals surface area contributed by atoms with E-state index in [9.17, 15) is 0 Å². The first kappa shape index (κ1) is 12.4. The molecule has 2 aromatic carbocycles. The molecule has 3 aromatic rings. The SMILES string of the molecule is COc1cc2nccnc2cc1OCc1ccccc1. The largest absolute Gasteiger partial charge is 0.493 e. The molecule has 0 saturated carbocycles. The summed E-state index contributed by atoms with van der Waals surface area (Å²) in [4.78, 5) is 8.53. The molecular weight excluding hydrogens is 252 g/mol. The molecule has 0 radical (unpaired) electrons. The van der Waals surface area contributed by atoms with Crippen molar-refractivity contribution in [2.75, 3.05) is 7.11 Å². The summed E-state index contributed by atoms with van der Waals surface area (Å²) in [6.07, 6.45) is 3.32. The Morgan fingerprint density at radius 2 is 1.55 bits per heavy atom. The van der Waals surface area contributed by atoms with Crippen molar-refractivity contribution in [3.8, 4) is 11.5 Å². The van der Waals surface area contributed by atoms with E-state index in [4.69, 9.17) is 9.47 Å². The summed E-state index contributed by atoms with van der Waals surface area (Å²) in [7, 11) is 1.62. The van der Waals surface area contributed by atoms with Gasteiger partial charge in [0.25, 0.3) is 0 Å². The summed E-state index contributed by atoms with van der Waals surface area (Å²) in [5, 5.41) is 0. The monoisotopic (exact) mass is 266 g/mol. The highest BCUT2D eigenvalue weighted by Gasteiger charge is 2.08. The molecule has 1 aromatic heterocycles. The average Bonchev–Trinajstić information content (AvgIpc) is 2.53. The number of benzene rings is 2. The summed E-state index contributed by atoms with van der Waals surface area (Å²) in [5.74, 6) is 1.33. The van der Waals surface area contributed by atoms with Crippen LogP contribution in [0.25, 0.3) is 11.0 Å². The van der Waals surface area contributed by atoms with Crippen LogP contribution in [0, 0.1) is 0 Å². The Kier molecular flexibility index (Phi) is 3.46. The fourth-order valence-electron chi connectivity index (χ4n) is 1.98. The highest BCUT2D eigenvalue weighted by molar-refractivity contribution is 5.78. The fourth-order valence-corrected chi connectivity index (χ4v) is 1.98. The van der Waals surface area contributed by atoms with Gasteiger partial charge in [-0.05, 0) is 5.56 Å². The van der Waals surface area contributed by atoms with Crippen LogP contribution in [-0.2, 0) is 6.61 Å². The Morgan fingerprint density at radius 1 is 0.900 bits per heavy atom. The molecule has 0 saturated heterocycles. The van der Waals surface area contributed by atoms with Gasteiger partial charge in [0.2, 0.25) is 0 Å². The maximum absolute atomic E-state index is 5.83. The topological polar surface area (TPSA) is 44.2 Å². The molecule has 1 heterocycles. The van der Waals surface area contributed by atoms with E-state index >= 15 is 0 Å². The number of rotatable bonds is 4. The lowest BCUT2D eigenvalue weighted by Crippen LogP contribution is -1.98. The van der Waals surface area contributed by atoms with Crippen LogP contribution in [0.3, 0.4) is 0 Å². The summed E-state index contributed by atoms with van der Waals surface area (Å²) >= 11 is 0. The Labute approximate surface area is 117 Å². The quantitative estimate of drug-likeness (QED) is 0.727. The third-order valence-corrected chi connectivity index (χ3v) is 2.99. The van der Waals surface area contributed by atoms with Crippen molar-refractivity contribution >= 4 is 11.0 Å². The third-order valence-electron chi connectivity index (χ3n) is 2.99. The minimum absolute atomic E-state index is 0.489. The van der Waals surface area contributed by atoms with Crippen LogP contribution in [0.2, 0.25) is 0 Å². The van der Waals surface area contributed by atoms with E-state index in [0.29, 0.717) is 18.1 Å². The molecule has 0 N–H and O–H groups in total. The van der Waals surface area contributed by atoms with Gasteiger partial charge in [-0.3, -0.25) is 9.97 Å². The van der Waals surface area contributed by atoms with E-state index in [0.717, 1.165) is 16.6 Å². The van der Waals surface area contributed by atoms with E-state index < -0.39 is 0 Å². The van der Waals surface area contributed by atoms with E-state index in [1.165, 1.54) is 0 Å². The lowest BCUT2D eigenvalue weighted by molar-refractivity contribution is 0.285. The number of aromatic nitrogens is 2. The molecular formula is C16H14N2O2. The second-order valence-corrected chi connectivity index (χ2v) is 4.32. The molecule has 4 nitrogen and oxygen atoms in total. The molecule has 0 fully saturated rings.